The Morgan fingerprint density at radius 1 is 0.411 bits per heavy atom. The lowest BCUT2D eigenvalue weighted by Crippen LogP contribution is -2.18. The van der Waals surface area contributed by atoms with Gasteiger partial charge in [0.2, 0.25) is 0 Å². The van der Waals surface area contributed by atoms with E-state index in [1.807, 2.05) is 0 Å². The molecule has 0 saturated carbocycles. The quantitative estimate of drug-likeness (QED) is 0.171. The van der Waals surface area contributed by atoms with Crippen molar-refractivity contribution in [3.05, 3.63) is 205 Å². The molecule has 0 atom stereocenters. The van der Waals surface area contributed by atoms with Crippen LogP contribution in [0.25, 0.3) is 54.6 Å². The number of nitrogens with zero attached hydrogens (tertiary/aromatic N) is 2. The van der Waals surface area contributed by atoms with Crippen LogP contribution in [0.1, 0.15) is 25.0 Å². The summed E-state index contributed by atoms with van der Waals surface area (Å²) in [5, 5.41) is 7.05. The molecular weight excluding hydrogens is 681 g/mol. The first-order valence-electron chi connectivity index (χ1n) is 19.4. The maximum absolute atomic E-state index is 7.02. The van der Waals surface area contributed by atoms with Crippen molar-refractivity contribution in [1.29, 1.82) is 0 Å². The molecule has 0 bridgehead atoms. The maximum atomic E-state index is 7.02. The van der Waals surface area contributed by atoms with Crippen molar-refractivity contribution < 1.29 is 4.42 Å². The van der Waals surface area contributed by atoms with E-state index in [-0.39, 0.29) is 5.41 Å². The summed E-state index contributed by atoms with van der Waals surface area (Å²) in [6.07, 6.45) is 0. The van der Waals surface area contributed by atoms with Gasteiger partial charge in [-0.15, -0.1) is 0 Å². The van der Waals surface area contributed by atoms with E-state index >= 15 is 0 Å². The molecule has 1 heterocycles. The van der Waals surface area contributed by atoms with Gasteiger partial charge in [0.1, 0.15) is 11.2 Å². The van der Waals surface area contributed by atoms with Gasteiger partial charge in [-0.25, -0.2) is 0 Å². The zero-order valence-electron chi connectivity index (χ0n) is 31.3. The molecule has 0 saturated heterocycles. The molecule has 3 heteroatoms. The second-order valence-corrected chi connectivity index (χ2v) is 15.3. The van der Waals surface area contributed by atoms with Gasteiger partial charge in [-0.1, -0.05) is 147 Å². The summed E-state index contributed by atoms with van der Waals surface area (Å²) in [5.41, 5.74) is 13.1. The second kappa shape index (κ2) is 12.5. The molecule has 1 aliphatic rings. The summed E-state index contributed by atoms with van der Waals surface area (Å²) in [7, 11) is 0. The van der Waals surface area contributed by atoms with E-state index in [0.717, 1.165) is 56.1 Å². The summed E-state index contributed by atoms with van der Waals surface area (Å²) >= 11 is 0. The fourth-order valence-corrected chi connectivity index (χ4v) is 9.16. The van der Waals surface area contributed by atoms with Crippen molar-refractivity contribution in [3.63, 3.8) is 0 Å². The molecule has 56 heavy (non-hydrogen) atoms. The summed E-state index contributed by atoms with van der Waals surface area (Å²) in [5.74, 6) is 0. The Morgan fingerprint density at radius 3 is 1.61 bits per heavy atom. The monoisotopic (exact) mass is 718 g/mol. The van der Waals surface area contributed by atoms with Crippen LogP contribution in [0, 0.1) is 0 Å². The van der Waals surface area contributed by atoms with Crippen LogP contribution in [0.4, 0.5) is 34.1 Å². The van der Waals surface area contributed by atoms with E-state index in [0.29, 0.717) is 0 Å². The highest BCUT2D eigenvalue weighted by molar-refractivity contribution is 6.19. The molecule has 3 nitrogen and oxygen atoms in total. The van der Waals surface area contributed by atoms with Crippen LogP contribution in [0.5, 0.6) is 0 Å². The van der Waals surface area contributed by atoms with E-state index in [9.17, 15) is 0 Å². The van der Waals surface area contributed by atoms with Gasteiger partial charge in [0, 0.05) is 44.2 Å². The first-order valence-corrected chi connectivity index (χ1v) is 19.4. The SMILES string of the molecule is CC1(C)c2cc(N(c3ccccc3)c3cccc4ccccc34)ccc2-c2c1cc(N(c1ccccc1)c1cccc3ccccc13)c1c2oc2ccccc21. The fourth-order valence-electron chi connectivity index (χ4n) is 9.16. The molecule has 0 unspecified atom stereocenters. The zero-order valence-corrected chi connectivity index (χ0v) is 31.3. The van der Waals surface area contributed by atoms with Crippen LogP contribution in [0.15, 0.2) is 199 Å². The highest BCUT2D eigenvalue weighted by Gasteiger charge is 2.40. The summed E-state index contributed by atoms with van der Waals surface area (Å²) < 4.78 is 7.02. The largest absolute Gasteiger partial charge is 0.455 e. The number of anilines is 6. The van der Waals surface area contributed by atoms with Crippen LogP contribution in [0.3, 0.4) is 0 Å². The van der Waals surface area contributed by atoms with Gasteiger partial charge in [-0.3, -0.25) is 0 Å². The van der Waals surface area contributed by atoms with E-state index in [4.69, 9.17) is 4.42 Å². The predicted octanol–water partition coefficient (Wildman–Crippen LogP) is 15.1. The molecule has 266 valence electrons. The minimum absolute atomic E-state index is 0.342. The molecule has 0 aliphatic heterocycles. The van der Waals surface area contributed by atoms with E-state index < -0.39 is 0 Å². The Bertz CT molecular complexity index is 3110. The van der Waals surface area contributed by atoms with Gasteiger partial charge in [0.25, 0.3) is 0 Å². The molecule has 11 rings (SSSR count). The number of furan rings is 1. The van der Waals surface area contributed by atoms with Gasteiger partial charge < -0.3 is 14.2 Å². The van der Waals surface area contributed by atoms with Crippen molar-refractivity contribution in [2.45, 2.75) is 19.3 Å². The van der Waals surface area contributed by atoms with E-state index in [1.165, 1.54) is 43.8 Å². The van der Waals surface area contributed by atoms with E-state index in [2.05, 4.69) is 218 Å². The van der Waals surface area contributed by atoms with Crippen LogP contribution < -0.4 is 9.80 Å². The Morgan fingerprint density at radius 2 is 0.946 bits per heavy atom. The topological polar surface area (TPSA) is 19.6 Å². The summed E-state index contributed by atoms with van der Waals surface area (Å²) in [6, 6.07) is 70.0. The molecule has 0 fully saturated rings. The van der Waals surface area contributed by atoms with Gasteiger partial charge in [-0.2, -0.15) is 0 Å². The molecule has 0 N–H and O–H groups in total. The molecule has 0 spiro atoms. The molecular formula is C53H38N2O. The maximum Gasteiger partial charge on any atom is 0.145 e. The van der Waals surface area contributed by atoms with Crippen LogP contribution in [-0.4, -0.2) is 0 Å². The number of benzene rings is 9. The average molecular weight is 719 g/mol. The first kappa shape index (κ1) is 32.3. The lowest BCUT2D eigenvalue weighted by Gasteiger charge is -2.30. The van der Waals surface area contributed by atoms with Crippen molar-refractivity contribution in [2.24, 2.45) is 0 Å². The zero-order chi connectivity index (χ0) is 37.4. The van der Waals surface area contributed by atoms with Crippen molar-refractivity contribution in [3.8, 4) is 11.1 Å². The molecule has 9 aromatic carbocycles. The highest BCUT2D eigenvalue weighted by atomic mass is 16.3. The molecule has 10 aromatic rings. The van der Waals surface area contributed by atoms with Crippen LogP contribution in [-0.2, 0) is 5.41 Å². The number of para-hydroxylation sites is 3. The molecule has 1 aliphatic carbocycles. The van der Waals surface area contributed by atoms with Crippen LogP contribution >= 0.6 is 0 Å². The number of fused-ring (bicyclic) bond motifs is 9. The molecule has 0 amide bonds. The number of hydrogen-bond acceptors (Lipinski definition) is 3. The summed E-state index contributed by atoms with van der Waals surface area (Å²) in [6.45, 7) is 4.74. The van der Waals surface area contributed by atoms with Crippen molar-refractivity contribution in [2.75, 3.05) is 9.80 Å². The van der Waals surface area contributed by atoms with Crippen molar-refractivity contribution >= 4 is 77.6 Å². The third-order valence-corrected chi connectivity index (χ3v) is 11.8. The second-order valence-electron chi connectivity index (χ2n) is 15.3. The fraction of sp³-hybridized carbons (Fsp3) is 0.0566. The minimum atomic E-state index is -0.342. The Balaban J connectivity index is 1.18. The standard InChI is InChI=1S/C53H38N2O/c1-53(2)44-33-39(54(37-21-5-3-6-22-37)46-28-15-19-35-17-9-11-25-40(35)46)31-32-42(44)50-45(53)34-48(51-43-27-13-14-30-49(43)56-52(50)51)55(38-23-7-4-8-24-38)47-29-16-20-36-18-10-12-26-41(36)47/h3-34H,1-2H3. The van der Waals surface area contributed by atoms with Gasteiger partial charge in [-0.05, 0) is 88.1 Å². The van der Waals surface area contributed by atoms with Crippen LogP contribution in [0.2, 0.25) is 0 Å². The third kappa shape index (κ3) is 4.84. The molecule has 1 aromatic heterocycles. The normalized spacial score (nSPS) is 13.0. The average Bonchev–Trinajstić information content (AvgIpc) is 3.74. The lowest BCUT2D eigenvalue weighted by atomic mass is 9.81. The minimum Gasteiger partial charge on any atom is -0.455 e. The van der Waals surface area contributed by atoms with E-state index in [1.54, 1.807) is 0 Å². The van der Waals surface area contributed by atoms with Gasteiger partial charge in [0.15, 0.2) is 0 Å². The first-order chi connectivity index (χ1) is 27.6. The third-order valence-electron chi connectivity index (χ3n) is 11.8. The van der Waals surface area contributed by atoms with Gasteiger partial charge >= 0.3 is 0 Å². The van der Waals surface area contributed by atoms with Gasteiger partial charge in [0.05, 0.1) is 22.4 Å². The predicted molar refractivity (Wildman–Crippen MR) is 236 cm³/mol. The van der Waals surface area contributed by atoms with Crippen molar-refractivity contribution in [1.82, 2.24) is 0 Å². The Kier molecular flexibility index (Phi) is 7.20. The number of hydrogen-bond donors (Lipinski definition) is 0. The lowest BCUT2D eigenvalue weighted by molar-refractivity contribution is 0.653. The Hall–Kier alpha value is -7.10. The highest BCUT2D eigenvalue weighted by Crippen LogP contribution is 2.57. The Labute approximate surface area is 326 Å². The summed E-state index contributed by atoms with van der Waals surface area (Å²) in [4.78, 5) is 4.84. The smallest absolute Gasteiger partial charge is 0.145 e. The number of rotatable bonds is 6. The molecule has 0 radical (unpaired) electrons.